The number of carbonyl (C=O) groups excluding carboxylic acids is 1. The van der Waals surface area contributed by atoms with Crippen LogP contribution in [0.25, 0.3) is 0 Å². The number of carbonyl (C=O) groups is 1. The molecule has 0 aliphatic carbocycles. The van der Waals surface area contributed by atoms with Crippen molar-refractivity contribution >= 4 is 21.8 Å². The van der Waals surface area contributed by atoms with Crippen LogP contribution >= 0.6 is 15.9 Å². The molecule has 128 valence electrons. The number of benzene rings is 2. The van der Waals surface area contributed by atoms with E-state index in [0.29, 0.717) is 15.8 Å². The fraction of sp³-hybridized carbons (Fsp3) is 0.235. The summed E-state index contributed by atoms with van der Waals surface area (Å²) in [5.74, 6) is 0.0865. The quantitative estimate of drug-likeness (QED) is 0.739. The van der Waals surface area contributed by atoms with E-state index in [-0.39, 0.29) is 12.1 Å². The largest absolute Gasteiger partial charge is 0.497 e. The normalized spacial score (nSPS) is 11.2. The first-order valence-corrected chi connectivity index (χ1v) is 7.77. The first-order chi connectivity index (χ1) is 11.2. The average molecular weight is 402 g/mol. The van der Waals surface area contributed by atoms with Crippen molar-refractivity contribution in [3.63, 3.8) is 0 Å². The molecular weight excluding hydrogens is 387 g/mol. The van der Waals surface area contributed by atoms with Crippen molar-refractivity contribution in [2.24, 2.45) is 0 Å². The van der Waals surface area contributed by atoms with Crippen molar-refractivity contribution in [1.82, 2.24) is 4.90 Å². The van der Waals surface area contributed by atoms with Crippen molar-refractivity contribution in [1.29, 1.82) is 0 Å². The molecule has 0 atom stereocenters. The predicted octanol–water partition coefficient (Wildman–Crippen LogP) is 4.75. The number of methoxy groups -OCH3 is 1. The summed E-state index contributed by atoms with van der Waals surface area (Å²) >= 11 is 3.28. The van der Waals surface area contributed by atoms with Crippen LogP contribution in [-0.2, 0) is 12.7 Å². The number of alkyl halides is 3. The molecule has 0 saturated carbocycles. The monoisotopic (exact) mass is 401 g/mol. The van der Waals surface area contributed by atoms with E-state index in [1.807, 2.05) is 0 Å². The zero-order chi connectivity index (χ0) is 17.9. The van der Waals surface area contributed by atoms with E-state index in [2.05, 4.69) is 15.9 Å². The first kappa shape index (κ1) is 18.3. The van der Waals surface area contributed by atoms with Crippen molar-refractivity contribution < 1.29 is 22.7 Å². The first-order valence-electron chi connectivity index (χ1n) is 6.98. The lowest BCUT2D eigenvalue weighted by molar-refractivity contribution is -0.138. The second-order valence-corrected chi connectivity index (χ2v) is 6.02. The molecule has 0 saturated heterocycles. The summed E-state index contributed by atoms with van der Waals surface area (Å²) in [6.07, 6.45) is -4.46. The summed E-state index contributed by atoms with van der Waals surface area (Å²) in [5.41, 5.74) is -0.379. The van der Waals surface area contributed by atoms with Crippen molar-refractivity contribution in [2.75, 3.05) is 14.2 Å². The highest BCUT2D eigenvalue weighted by atomic mass is 79.9. The molecule has 24 heavy (non-hydrogen) atoms. The van der Waals surface area contributed by atoms with Crippen LogP contribution in [-0.4, -0.2) is 25.0 Å². The number of hydrogen-bond acceptors (Lipinski definition) is 2. The summed E-state index contributed by atoms with van der Waals surface area (Å²) in [4.78, 5) is 13.8. The SMILES string of the molecule is COc1ccc(Br)c(C(=O)N(C)Cc2ccccc2C(F)(F)F)c1. The Morgan fingerprint density at radius 2 is 1.88 bits per heavy atom. The van der Waals surface area contributed by atoms with E-state index in [1.54, 1.807) is 18.2 Å². The molecule has 0 spiro atoms. The van der Waals surface area contributed by atoms with Gasteiger partial charge < -0.3 is 9.64 Å². The number of nitrogens with zero attached hydrogens (tertiary/aromatic N) is 1. The lowest BCUT2D eigenvalue weighted by Crippen LogP contribution is -2.27. The smallest absolute Gasteiger partial charge is 0.416 e. The third kappa shape index (κ3) is 4.08. The van der Waals surface area contributed by atoms with Crippen LogP contribution in [0.2, 0.25) is 0 Å². The van der Waals surface area contributed by atoms with E-state index >= 15 is 0 Å². The van der Waals surface area contributed by atoms with E-state index in [0.717, 1.165) is 6.07 Å². The summed E-state index contributed by atoms with van der Waals surface area (Å²) < 4.78 is 44.8. The van der Waals surface area contributed by atoms with Gasteiger partial charge in [0.2, 0.25) is 0 Å². The van der Waals surface area contributed by atoms with Crippen LogP contribution in [0.3, 0.4) is 0 Å². The van der Waals surface area contributed by atoms with Gasteiger partial charge in [0, 0.05) is 18.1 Å². The zero-order valence-electron chi connectivity index (χ0n) is 13.0. The van der Waals surface area contributed by atoms with Gasteiger partial charge in [0.05, 0.1) is 18.2 Å². The third-order valence-corrected chi connectivity index (χ3v) is 4.17. The third-order valence-electron chi connectivity index (χ3n) is 3.48. The van der Waals surface area contributed by atoms with Crippen LogP contribution in [0, 0.1) is 0 Å². The molecule has 2 aromatic rings. The Balaban J connectivity index is 2.28. The van der Waals surface area contributed by atoms with Crippen LogP contribution in [0.15, 0.2) is 46.9 Å². The van der Waals surface area contributed by atoms with E-state index < -0.39 is 17.6 Å². The average Bonchev–Trinajstić information content (AvgIpc) is 2.54. The molecule has 0 bridgehead atoms. The van der Waals surface area contributed by atoms with Crippen LogP contribution < -0.4 is 4.74 Å². The highest BCUT2D eigenvalue weighted by Crippen LogP contribution is 2.32. The molecule has 0 N–H and O–H groups in total. The maximum atomic E-state index is 13.1. The molecule has 0 aliphatic rings. The van der Waals surface area contributed by atoms with Gasteiger partial charge in [-0.25, -0.2) is 0 Å². The van der Waals surface area contributed by atoms with Crippen molar-refractivity contribution in [3.05, 3.63) is 63.6 Å². The number of ether oxygens (including phenoxy) is 1. The van der Waals surface area contributed by atoms with Gasteiger partial charge in [-0.05, 0) is 45.8 Å². The molecule has 2 aromatic carbocycles. The summed E-state index contributed by atoms with van der Waals surface area (Å²) in [6.45, 7) is -0.155. The maximum absolute atomic E-state index is 13.1. The molecular formula is C17H15BrF3NO2. The Morgan fingerprint density at radius 1 is 1.21 bits per heavy atom. The van der Waals surface area contributed by atoms with Crippen LogP contribution in [0.1, 0.15) is 21.5 Å². The van der Waals surface area contributed by atoms with Crippen LogP contribution in [0.4, 0.5) is 13.2 Å². The van der Waals surface area contributed by atoms with Gasteiger partial charge in [-0.3, -0.25) is 4.79 Å². The Labute approximate surface area is 146 Å². The Hall–Kier alpha value is -2.02. The Bertz CT molecular complexity index is 747. The van der Waals surface area contributed by atoms with E-state index in [1.165, 1.54) is 37.3 Å². The Morgan fingerprint density at radius 3 is 2.50 bits per heavy atom. The van der Waals surface area contributed by atoms with Crippen molar-refractivity contribution in [3.8, 4) is 5.75 Å². The van der Waals surface area contributed by atoms with Crippen molar-refractivity contribution in [2.45, 2.75) is 12.7 Å². The lowest BCUT2D eigenvalue weighted by atomic mass is 10.1. The second-order valence-electron chi connectivity index (χ2n) is 5.16. The van der Waals surface area contributed by atoms with Gasteiger partial charge in [0.1, 0.15) is 5.75 Å². The van der Waals surface area contributed by atoms with Gasteiger partial charge >= 0.3 is 6.18 Å². The molecule has 0 aromatic heterocycles. The molecule has 3 nitrogen and oxygen atoms in total. The molecule has 0 unspecified atom stereocenters. The van der Waals surface area contributed by atoms with Gasteiger partial charge in [-0.1, -0.05) is 18.2 Å². The minimum atomic E-state index is -4.46. The number of hydrogen-bond donors (Lipinski definition) is 0. The molecule has 0 aliphatic heterocycles. The Kier molecular flexibility index (Phi) is 5.54. The highest BCUT2D eigenvalue weighted by Gasteiger charge is 2.33. The molecule has 0 radical (unpaired) electrons. The summed E-state index contributed by atoms with van der Waals surface area (Å²) in [7, 11) is 2.93. The molecule has 7 heteroatoms. The molecule has 2 rings (SSSR count). The van der Waals surface area contributed by atoms with Crippen LogP contribution in [0.5, 0.6) is 5.75 Å². The summed E-state index contributed by atoms with van der Waals surface area (Å²) in [6, 6.07) is 10.1. The molecule has 0 fully saturated rings. The lowest BCUT2D eigenvalue weighted by Gasteiger charge is -2.21. The standard InChI is InChI=1S/C17H15BrF3NO2/c1-22(10-11-5-3-4-6-14(11)17(19,20)21)16(23)13-9-12(24-2)7-8-15(13)18/h3-9H,10H2,1-2H3. The summed E-state index contributed by atoms with van der Waals surface area (Å²) in [5, 5.41) is 0. The van der Waals surface area contributed by atoms with Gasteiger partial charge in [0.25, 0.3) is 5.91 Å². The van der Waals surface area contributed by atoms with Gasteiger partial charge in [0.15, 0.2) is 0 Å². The number of amides is 1. The molecule has 1 amide bonds. The highest BCUT2D eigenvalue weighted by molar-refractivity contribution is 9.10. The number of halogens is 4. The minimum absolute atomic E-state index is 0.0415. The fourth-order valence-corrected chi connectivity index (χ4v) is 2.68. The number of rotatable bonds is 4. The molecule has 0 heterocycles. The zero-order valence-corrected chi connectivity index (χ0v) is 14.6. The van der Waals surface area contributed by atoms with Gasteiger partial charge in [-0.2, -0.15) is 13.2 Å². The van der Waals surface area contributed by atoms with Gasteiger partial charge in [-0.15, -0.1) is 0 Å². The minimum Gasteiger partial charge on any atom is -0.497 e. The topological polar surface area (TPSA) is 29.5 Å². The predicted molar refractivity (Wildman–Crippen MR) is 87.9 cm³/mol. The fourth-order valence-electron chi connectivity index (χ4n) is 2.26. The second kappa shape index (κ2) is 7.25. The maximum Gasteiger partial charge on any atom is 0.416 e. The van der Waals surface area contributed by atoms with E-state index in [9.17, 15) is 18.0 Å². The van der Waals surface area contributed by atoms with E-state index in [4.69, 9.17) is 4.74 Å².